The Balaban J connectivity index is 3.00. The van der Waals surface area contributed by atoms with Crippen molar-refractivity contribution >= 4 is 5.97 Å². The highest BCUT2D eigenvalue weighted by molar-refractivity contribution is 5.80. The highest BCUT2D eigenvalue weighted by Crippen LogP contribution is 2.21. The van der Waals surface area contributed by atoms with E-state index in [4.69, 9.17) is 5.11 Å². The number of carboxylic acids is 1. The number of aliphatic hydroxyl groups excluding tert-OH is 1. The van der Waals surface area contributed by atoms with Crippen LogP contribution in [-0.2, 0) is 16.8 Å². The van der Waals surface area contributed by atoms with Gasteiger partial charge in [-0.3, -0.25) is 5.32 Å². The van der Waals surface area contributed by atoms with Crippen molar-refractivity contribution in [2.45, 2.75) is 25.8 Å². The maximum atomic E-state index is 11.3. The van der Waals surface area contributed by atoms with Gasteiger partial charge in [0.2, 0.25) is 0 Å². The predicted octanol–water partition coefficient (Wildman–Crippen LogP) is 1.13. The molecular formula is C13H19NO3. The van der Waals surface area contributed by atoms with E-state index in [2.05, 4.69) is 12.2 Å². The van der Waals surface area contributed by atoms with Gasteiger partial charge < -0.3 is 10.2 Å². The van der Waals surface area contributed by atoms with Crippen molar-refractivity contribution in [1.82, 2.24) is 5.32 Å². The first kappa shape index (κ1) is 13.7. The largest absolute Gasteiger partial charge is 0.480 e. The van der Waals surface area contributed by atoms with Gasteiger partial charge in [0.1, 0.15) is 5.54 Å². The smallest absolute Gasteiger partial charge is 0.328 e. The molecule has 0 saturated carbocycles. The summed E-state index contributed by atoms with van der Waals surface area (Å²) < 4.78 is 0. The summed E-state index contributed by atoms with van der Waals surface area (Å²) in [6, 6.07) is 7.49. The van der Waals surface area contributed by atoms with Gasteiger partial charge in [-0.25, -0.2) is 4.79 Å². The van der Waals surface area contributed by atoms with Gasteiger partial charge in [0.15, 0.2) is 0 Å². The summed E-state index contributed by atoms with van der Waals surface area (Å²) in [6.45, 7) is 3.82. The molecule has 0 aromatic heterocycles. The third-order valence-corrected chi connectivity index (χ3v) is 2.96. The molecule has 1 atom stereocenters. The zero-order valence-corrected chi connectivity index (χ0v) is 10.2. The number of aryl methyl sites for hydroxylation is 1. The van der Waals surface area contributed by atoms with E-state index < -0.39 is 11.5 Å². The van der Waals surface area contributed by atoms with E-state index >= 15 is 0 Å². The quantitative estimate of drug-likeness (QED) is 0.693. The number of rotatable bonds is 6. The van der Waals surface area contributed by atoms with Gasteiger partial charge in [0.05, 0.1) is 6.61 Å². The lowest BCUT2D eigenvalue weighted by molar-refractivity contribution is -0.144. The minimum absolute atomic E-state index is 0.0874. The average molecular weight is 237 g/mol. The monoisotopic (exact) mass is 237 g/mol. The summed E-state index contributed by atoms with van der Waals surface area (Å²) in [5.74, 6) is -0.949. The van der Waals surface area contributed by atoms with Crippen LogP contribution in [0.5, 0.6) is 0 Å². The van der Waals surface area contributed by atoms with Gasteiger partial charge in [-0.05, 0) is 24.5 Å². The molecule has 0 heterocycles. The van der Waals surface area contributed by atoms with Crippen molar-refractivity contribution in [2.24, 2.45) is 0 Å². The highest BCUT2D eigenvalue weighted by Gasteiger charge is 2.34. The molecule has 4 heteroatoms. The fourth-order valence-corrected chi connectivity index (χ4v) is 1.68. The lowest BCUT2D eigenvalue weighted by Crippen LogP contribution is -2.47. The second-order valence-electron chi connectivity index (χ2n) is 4.13. The van der Waals surface area contributed by atoms with Gasteiger partial charge in [-0.15, -0.1) is 0 Å². The van der Waals surface area contributed by atoms with E-state index in [-0.39, 0.29) is 13.2 Å². The van der Waals surface area contributed by atoms with Crippen LogP contribution in [0.15, 0.2) is 24.3 Å². The number of hydrogen-bond acceptors (Lipinski definition) is 3. The van der Waals surface area contributed by atoms with Gasteiger partial charge in [-0.2, -0.15) is 0 Å². The molecule has 1 aromatic carbocycles. The number of aliphatic carboxylic acids is 1. The molecular weight excluding hydrogens is 218 g/mol. The van der Waals surface area contributed by atoms with Crippen molar-refractivity contribution < 1.29 is 15.0 Å². The van der Waals surface area contributed by atoms with Crippen LogP contribution in [0.3, 0.4) is 0 Å². The van der Waals surface area contributed by atoms with E-state index in [1.807, 2.05) is 24.3 Å². The Bertz CT molecular complexity index is 375. The minimum Gasteiger partial charge on any atom is -0.480 e. The van der Waals surface area contributed by atoms with Crippen LogP contribution in [0, 0.1) is 0 Å². The Labute approximate surface area is 101 Å². The first-order valence-corrected chi connectivity index (χ1v) is 5.73. The van der Waals surface area contributed by atoms with E-state index in [0.29, 0.717) is 5.56 Å². The van der Waals surface area contributed by atoms with E-state index in [1.54, 1.807) is 6.92 Å². The summed E-state index contributed by atoms with van der Waals surface area (Å²) >= 11 is 0. The molecule has 17 heavy (non-hydrogen) atoms. The Morgan fingerprint density at radius 2 is 1.94 bits per heavy atom. The van der Waals surface area contributed by atoms with Crippen LogP contribution in [-0.4, -0.2) is 29.3 Å². The van der Waals surface area contributed by atoms with Crippen LogP contribution in [0.2, 0.25) is 0 Å². The second kappa shape index (κ2) is 5.80. The maximum Gasteiger partial charge on any atom is 0.328 e. The molecule has 0 radical (unpaired) electrons. The van der Waals surface area contributed by atoms with Gasteiger partial charge in [0, 0.05) is 6.54 Å². The summed E-state index contributed by atoms with van der Waals surface area (Å²) in [4.78, 5) is 11.3. The van der Waals surface area contributed by atoms with Crippen molar-refractivity contribution in [3.8, 4) is 0 Å². The van der Waals surface area contributed by atoms with Gasteiger partial charge >= 0.3 is 5.97 Å². The SMILES string of the molecule is CCc1ccc(C(C)(NCCO)C(=O)O)cc1. The van der Waals surface area contributed by atoms with Crippen molar-refractivity contribution in [3.05, 3.63) is 35.4 Å². The lowest BCUT2D eigenvalue weighted by Gasteiger charge is -2.26. The molecule has 0 aliphatic heterocycles. The molecule has 0 bridgehead atoms. The molecule has 0 aliphatic rings. The standard InChI is InChI=1S/C13H19NO3/c1-3-10-4-6-11(7-5-10)13(2,12(16)17)14-8-9-15/h4-7,14-15H,3,8-9H2,1-2H3,(H,16,17). The average Bonchev–Trinajstić information content (AvgIpc) is 2.35. The van der Waals surface area contributed by atoms with Gasteiger partial charge in [-0.1, -0.05) is 31.2 Å². The fourth-order valence-electron chi connectivity index (χ4n) is 1.68. The van der Waals surface area contributed by atoms with E-state index in [9.17, 15) is 9.90 Å². The first-order valence-electron chi connectivity index (χ1n) is 5.73. The Morgan fingerprint density at radius 3 is 2.35 bits per heavy atom. The third-order valence-electron chi connectivity index (χ3n) is 2.96. The highest BCUT2D eigenvalue weighted by atomic mass is 16.4. The van der Waals surface area contributed by atoms with Crippen LogP contribution in [0.4, 0.5) is 0 Å². The summed E-state index contributed by atoms with van der Waals surface area (Å²) in [6.07, 6.45) is 0.925. The molecule has 0 saturated heterocycles. The normalized spacial score (nSPS) is 14.3. The molecule has 0 aliphatic carbocycles. The molecule has 1 rings (SSSR count). The number of nitrogens with one attached hydrogen (secondary N) is 1. The number of benzene rings is 1. The lowest BCUT2D eigenvalue weighted by atomic mass is 9.91. The number of carbonyl (C=O) groups is 1. The Morgan fingerprint density at radius 1 is 1.35 bits per heavy atom. The summed E-state index contributed by atoms with van der Waals surface area (Å²) in [7, 11) is 0. The summed E-state index contributed by atoms with van der Waals surface area (Å²) in [5.41, 5.74) is 0.703. The Kier molecular flexibility index (Phi) is 4.66. The molecule has 1 unspecified atom stereocenters. The second-order valence-corrected chi connectivity index (χ2v) is 4.13. The molecule has 94 valence electrons. The molecule has 3 N–H and O–H groups in total. The predicted molar refractivity (Wildman–Crippen MR) is 65.9 cm³/mol. The topological polar surface area (TPSA) is 69.6 Å². The third kappa shape index (κ3) is 3.05. The fraction of sp³-hybridized carbons (Fsp3) is 0.462. The molecule has 0 spiro atoms. The van der Waals surface area contributed by atoms with Crippen LogP contribution >= 0.6 is 0 Å². The number of hydrogen-bond donors (Lipinski definition) is 3. The summed E-state index contributed by atoms with van der Waals surface area (Å²) in [5, 5.41) is 20.9. The van der Waals surface area contributed by atoms with Crippen LogP contribution in [0.1, 0.15) is 25.0 Å². The van der Waals surface area contributed by atoms with E-state index in [0.717, 1.165) is 6.42 Å². The van der Waals surface area contributed by atoms with Crippen LogP contribution in [0.25, 0.3) is 0 Å². The van der Waals surface area contributed by atoms with Crippen molar-refractivity contribution in [2.75, 3.05) is 13.2 Å². The molecule has 0 fully saturated rings. The Hall–Kier alpha value is -1.39. The minimum atomic E-state index is -1.16. The van der Waals surface area contributed by atoms with Gasteiger partial charge in [0.25, 0.3) is 0 Å². The maximum absolute atomic E-state index is 11.3. The zero-order valence-electron chi connectivity index (χ0n) is 10.2. The zero-order chi connectivity index (χ0) is 12.9. The number of carboxylic acid groups (broad SMARTS) is 1. The molecule has 4 nitrogen and oxygen atoms in total. The van der Waals surface area contributed by atoms with Crippen molar-refractivity contribution in [1.29, 1.82) is 0 Å². The molecule has 0 amide bonds. The van der Waals surface area contributed by atoms with E-state index in [1.165, 1.54) is 5.56 Å². The number of aliphatic hydroxyl groups is 1. The van der Waals surface area contributed by atoms with Crippen molar-refractivity contribution in [3.63, 3.8) is 0 Å². The molecule has 1 aromatic rings. The first-order chi connectivity index (χ1) is 8.04. The van der Waals surface area contributed by atoms with Crippen LogP contribution < -0.4 is 5.32 Å².